The zero-order chi connectivity index (χ0) is 16.1. The van der Waals surface area contributed by atoms with Gasteiger partial charge in [-0.3, -0.25) is 0 Å². The molecule has 0 bridgehead atoms. The van der Waals surface area contributed by atoms with Gasteiger partial charge in [-0.2, -0.15) is 0 Å². The molecule has 0 aliphatic carbocycles. The van der Waals surface area contributed by atoms with Gasteiger partial charge in [0.25, 0.3) is 0 Å². The van der Waals surface area contributed by atoms with Crippen LogP contribution in [0.25, 0.3) is 0 Å². The average molecular weight is 315 g/mol. The van der Waals surface area contributed by atoms with E-state index in [0.29, 0.717) is 0 Å². The molecule has 0 radical (unpaired) electrons. The topological polar surface area (TPSA) is 15.6 Å². The predicted octanol–water partition coefficient (Wildman–Crippen LogP) is 5.16. The van der Waals surface area contributed by atoms with Crippen molar-refractivity contribution in [3.63, 3.8) is 0 Å². The van der Waals surface area contributed by atoms with E-state index in [-0.39, 0.29) is 0 Å². The van der Waals surface area contributed by atoms with E-state index in [9.17, 15) is 0 Å². The quantitative estimate of drug-likeness (QED) is 0.550. The first kappa shape index (κ1) is 16.6. The van der Waals surface area contributed by atoms with Gasteiger partial charge in [0.05, 0.1) is 12.0 Å². The highest BCUT2D eigenvalue weighted by atomic mass is 35.5. The van der Waals surface area contributed by atoms with E-state index in [1.54, 1.807) is 0 Å². The highest BCUT2D eigenvalue weighted by molar-refractivity contribution is 6.31. The lowest BCUT2D eigenvalue weighted by atomic mass is 10.0. The van der Waals surface area contributed by atoms with Crippen molar-refractivity contribution in [1.29, 1.82) is 0 Å². The highest BCUT2D eigenvalue weighted by Gasteiger charge is 2.07. The molecule has 0 aliphatic heterocycles. The normalized spacial score (nSPS) is 11.1. The third-order valence-electron chi connectivity index (χ3n) is 3.73. The Hall–Kier alpha value is -1.80. The Balaban J connectivity index is 2.24. The summed E-state index contributed by atoms with van der Waals surface area (Å²) in [4.78, 5) is 6.55. The van der Waals surface area contributed by atoms with Gasteiger partial charge >= 0.3 is 0 Å². The summed E-state index contributed by atoms with van der Waals surface area (Å²) in [6, 6.07) is 12.6. The van der Waals surface area contributed by atoms with Crippen LogP contribution in [-0.2, 0) is 6.42 Å². The van der Waals surface area contributed by atoms with Gasteiger partial charge in [0.2, 0.25) is 0 Å². The molecule has 0 amide bonds. The molecule has 0 aromatic heterocycles. The van der Waals surface area contributed by atoms with Gasteiger partial charge in [0.1, 0.15) is 0 Å². The third kappa shape index (κ3) is 4.35. The Morgan fingerprint density at radius 2 is 1.95 bits per heavy atom. The molecule has 2 nitrogen and oxygen atoms in total. The number of halogens is 1. The second-order valence-electron chi connectivity index (χ2n) is 5.71. The first-order valence-corrected chi connectivity index (χ1v) is 7.96. The fraction of sp³-hybridized carbons (Fsp3) is 0.316. The summed E-state index contributed by atoms with van der Waals surface area (Å²) >= 11 is 6.45. The molecule has 0 N–H and O–H groups in total. The van der Waals surface area contributed by atoms with E-state index in [1.807, 2.05) is 24.4 Å². The second kappa shape index (κ2) is 7.46. The summed E-state index contributed by atoms with van der Waals surface area (Å²) in [5.41, 5.74) is 5.77. The number of hydrogen-bond donors (Lipinski definition) is 0. The van der Waals surface area contributed by atoms with Crippen LogP contribution in [0, 0.1) is 13.8 Å². The molecule has 22 heavy (non-hydrogen) atoms. The minimum absolute atomic E-state index is 0.776. The Morgan fingerprint density at radius 3 is 2.64 bits per heavy atom. The minimum Gasteiger partial charge on any atom is -0.366 e. The summed E-state index contributed by atoms with van der Waals surface area (Å²) in [6.07, 6.45) is 2.69. The van der Waals surface area contributed by atoms with Crippen LogP contribution in [0.1, 0.15) is 29.2 Å². The van der Waals surface area contributed by atoms with Crippen molar-refractivity contribution in [3.8, 4) is 0 Å². The SMILES string of the molecule is CCN(C)C=Nc1cc(Cl)c(Cc2cccc(C)c2)cc1C. The molecule has 2 rings (SSSR count). The maximum atomic E-state index is 6.45. The summed E-state index contributed by atoms with van der Waals surface area (Å²) < 4.78 is 0. The number of rotatable bonds is 5. The molecular weight excluding hydrogens is 292 g/mol. The maximum Gasteiger partial charge on any atom is 0.0909 e. The van der Waals surface area contributed by atoms with Crippen LogP contribution in [0.4, 0.5) is 5.69 Å². The number of nitrogens with zero attached hydrogens (tertiary/aromatic N) is 2. The van der Waals surface area contributed by atoms with Crippen molar-refractivity contribution in [2.75, 3.05) is 13.6 Å². The molecule has 3 heteroatoms. The zero-order valence-electron chi connectivity index (χ0n) is 13.7. The van der Waals surface area contributed by atoms with E-state index in [2.05, 4.69) is 56.1 Å². The van der Waals surface area contributed by atoms with E-state index in [0.717, 1.165) is 34.8 Å². The molecule has 0 saturated heterocycles. The number of benzene rings is 2. The maximum absolute atomic E-state index is 6.45. The smallest absolute Gasteiger partial charge is 0.0909 e. The Labute approximate surface area is 138 Å². The third-order valence-corrected chi connectivity index (χ3v) is 4.09. The first-order valence-electron chi connectivity index (χ1n) is 7.58. The molecule has 0 saturated carbocycles. The molecule has 0 atom stereocenters. The predicted molar refractivity (Wildman–Crippen MR) is 96.6 cm³/mol. The van der Waals surface area contributed by atoms with Gasteiger partial charge in [-0.25, -0.2) is 4.99 Å². The Morgan fingerprint density at radius 1 is 1.18 bits per heavy atom. The second-order valence-corrected chi connectivity index (χ2v) is 6.12. The molecule has 0 heterocycles. The van der Waals surface area contributed by atoms with Crippen molar-refractivity contribution >= 4 is 23.6 Å². The zero-order valence-corrected chi connectivity index (χ0v) is 14.5. The van der Waals surface area contributed by atoms with E-state index < -0.39 is 0 Å². The van der Waals surface area contributed by atoms with Gasteiger partial charge in [-0.05, 0) is 49.9 Å². The Bertz CT molecular complexity index is 677. The lowest BCUT2D eigenvalue weighted by molar-refractivity contribution is 0.552. The molecule has 0 fully saturated rings. The fourth-order valence-corrected chi connectivity index (χ4v) is 2.51. The van der Waals surface area contributed by atoms with E-state index in [4.69, 9.17) is 11.6 Å². The molecule has 0 aliphatic rings. The minimum atomic E-state index is 0.776. The average Bonchev–Trinajstić information content (AvgIpc) is 2.49. The van der Waals surface area contributed by atoms with Crippen LogP contribution in [-0.4, -0.2) is 24.8 Å². The van der Waals surface area contributed by atoms with Gasteiger partial charge in [0.15, 0.2) is 0 Å². The number of hydrogen-bond acceptors (Lipinski definition) is 1. The number of aryl methyl sites for hydroxylation is 2. The van der Waals surface area contributed by atoms with Gasteiger partial charge in [-0.1, -0.05) is 47.5 Å². The van der Waals surface area contributed by atoms with Crippen molar-refractivity contribution in [1.82, 2.24) is 4.90 Å². The molecule has 2 aromatic rings. The van der Waals surface area contributed by atoms with Crippen LogP contribution in [0.5, 0.6) is 0 Å². The van der Waals surface area contributed by atoms with Gasteiger partial charge in [0, 0.05) is 18.6 Å². The van der Waals surface area contributed by atoms with Crippen LogP contribution >= 0.6 is 11.6 Å². The largest absolute Gasteiger partial charge is 0.366 e. The molecule has 0 unspecified atom stereocenters. The molecule has 2 aromatic carbocycles. The van der Waals surface area contributed by atoms with Crippen molar-refractivity contribution < 1.29 is 0 Å². The lowest BCUT2D eigenvalue weighted by Crippen LogP contribution is -2.14. The fourth-order valence-electron chi connectivity index (χ4n) is 2.29. The summed E-state index contributed by atoms with van der Waals surface area (Å²) in [6.45, 7) is 7.21. The standard InChI is InChI=1S/C19H23ClN2/c1-5-22(4)13-21-19-12-18(20)17(10-15(19)3)11-16-8-6-7-14(2)9-16/h6-10,12-13H,5,11H2,1-4H3. The van der Waals surface area contributed by atoms with E-state index in [1.165, 1.54) is 11.1 Å². The van der Waals surface area contributed by atoms with Crippen molar-refractivity contribution in [2.45, 2.75) is 27.2 Å². The summed E-state index contributed by atoms with van der Waals surface area (Å²) in [5.74, 6) is 0. The highest BCUT2D eigenvalue weighted by Crippen LogP contribution is 2.28. The van der Waals surface area contributed by atoms with Crippen LogP contribution in [0.3, 0.4) is 0 Å². The molecular formula is C19H23ClN2. The summed E-state index contributed by atoms with van der Waals surface area (Å²) in [5, 5.41) is 0.776. The number of aliphatic imine (C=N–C) groups is 1. The monoisotopic (exact) mass is 314 g/mol. The van der Waals surface area contributed by atoms with Gasteiger partial charge < -0.3 is 4.90 Å². The van der Waals surface area contributed by atoms with Gasteiger partial charge in [-0.15, -0.1) is 0 Å². The summed E-state index contributed by atoms with van der Waals surface area (Å²) in [7, 11) is 2.01. The first-order chi connectivity index (χ1) is 10.5. The van der Waals surface area contributed by atoms with Crippen LogP contribution in [0.15, 0.2) is 41.4 Å². The molecule has 0 spiro atoms. The van der Waals surface area contributed by atoms with Crippen molar-refractivity contribution in [3.05, 3.63) is 63.7 Å². The lowest BCUT2D eigenvalue weighted by Gasteiger charge is -2.11. The van der Waals surface area contributed by atoms with E-state index >= 15 is 0 Å². The van der Waals surface area contributed by atoms with Crippen LogP contribution < -0.4 is 0 Å². The molecule has 116 valence electrons. The Kier molecular flexibility index (Phi) is 5.62. The van der Waals surface area contributed by atoms with Crippen LogP contribution in [0.2, 0.25) is 5.02 Å². The van der Waals surface area contributed by atoms with Crippen molar-refractivity contribution in [2.24, 2.45) is 4.99 Å².